The van der Waals surface area contributed by atoms with Gasteiger partial charge in [0.1, 0.15) is 10.8 Å². The lowest BCUT2D eigenvalue weighted by Gasteiger charge is -2.32. The van der Waals surface area contributed by atoms with Gasteiger partial charge in [0.2, 0.25) is 11.7 Å². The van der Waals surface area contributed by atoms with Crippen molar-refractivity contribution in [1.29, 1.82) is 0 Å². The Labute approximate surface area is 202 Å². The molecule has 184 valence electrons. The van der Waals surface area contributed by atoms with Crippen LogP contribution in [0.3, 0.4) is 0 Å². The van der Waals surface area contributed by atoms with Crippen molar-refractivity contribution >= 4 is 19.4 Å². The van der Waals surface area contributed by atoms with Gasteiger partial charge in [0, 0.05) is 6.20 Å². The maximum absolute atomic E-state index is 13.0. The highest BCUT2D eigenvalue weighted by atomic mass is 31.2. The van der Waals surface area contributed by atoms with Crippen LogP contribution in [0.1, 0.15) is 64.8 Å². The summed E-state index contributed by atoms with van der Waals surface area (Å²) in [6.07, 6.45) is 0.926. The molecule has 11 heteroatoms. The van der Waals surface area contributed by atoms with E-state index in [1.54, 1.807) is 0 Å². The standard InChI is InChI=1S/C24H27N4O6P/c1-3-24(4-2,35(32,33)34)28-23(31)20-25-15-18(22(30)27-20)21(29)26-19(16-11-7-5-8-12-16)17-13-9-6-10-14-17/h5-15,19H,3-4H2,1-2H3,(H,26,29)(H,28,31)(H,25,27,30)(H2,32,33,34). The minimum atomic E-state index is -4.71. The Morgan fingerprint density at radius 2 is 1.46 bits per heavy atom. The molecule has 0 saturated heterocycles. The minimum Gasteiger partial charge on any atom is -0.493 e. The van der Waals surface area contributed by atoms with E-state index in [9.17, 15) is 29.0 Å². The summed E-state index contributed by atoms with van der Waals surface area (Å²) in [4.78, 5) is 52.6. The number of aromatic nitrogens is 2. The number of nitrogens with zero attached hydrogens (tertiary/aromatic N) is 2. The van der Waals surface area contributed by atoms with Crippen molar-refractivity contribution < 1.29 is 29.0 Å². The van der Waals surface area contributed by atoms with E-state index < -0.39 is 42.4 Å². The Balaban J connectivity index is 1.85. The fourth-order valence-electron chi connectivity index (χ4n) is 3.68. The monoisotopic (exact) mass is 498 g/mol. The van der Waals surface area contributed by atoms with E-state index >= 15 is 0 Å². The van der Waals surface area contributed by atoms with Gasteiger partial charge in [-0.15, -0.1) is 0 Å². The zero-order valence-corrected chi connectivity index (χ0v) is 20.1. The Morgan fingerprint density at radius 1 is 0.943 bits per heavy atom. The lowest BCUT2D eigenvalue weighted by molar-refractivity contribution is 0.0893. The first-order valence-corrected chi connectivity index (χ1v) is 12.6. The third-order valence-corrected chi connectivity index (χ3v) is 7.69. The summed E-state index contributed by atoms with van der Waals surface area (Å²) in [5.41, 5.74) is 1.37. The maximum atomic E-state index is 13.0. The van der Waals surface area contributed by atoms with Crippen LogP contribution < -0.4 is 10.6 Å². The van der Waals surface area contributed by atoms with E-state index in [1.165, 1.54) is 13.8 Å². The number of hydrogen-bond acceptors (Lipinski definition) is 6. The predicted octanol–water partition coefficient (Wildman–Crippen LogP) is 3.13. The average molecular weight is 498 g/mol. The molecule has 3 aromatic rings. The summed E-state index contributed by atoms with van der Waals surface area (Å²) in [6.45, 7) is 3.06. The summed E-state index contributed by atoms with van der Waals surface area (Å²) in [5.74, 6) is -2.91. The first kappa shape index (κ1) is 26.0. The Bertz CT molecular complexity index is 1190. The molecule has 2 aromatic carbocycles. The highest BCUT2D eigenvalue weighted by Crippen LogP contribution is 2.52. The van der Waals surface area contributed by atoms with Crippen molar-refractivity contribution in [2.24, 2.45) is 0 Å². The van der Waals surface area contributed by atoms with Gasteiger partial charge in [-0.3, -0.25) is 14.2 Å². The lowest BCUT2D eigenvalue weighted by atomic mass is 9.98. The first-order valence-electron chi connectivity index (χ1n) is 11.0. The molecule has 0 radical (unpaired) electrons. The number of rotatable bonds is 9. The Hall–Kier alpha value is -3.59. The number of carbonyl (C=O) groups is 2. The van der Waals surface area contributed by atoms with E-state index in [4.69, 9.17) is 0 Å². The number of aromatic hydroxyl groups is 1. The quantitative estimate of drug-likeness (QED) is 0.281. The van der Waals surface area contributed by atoms with Crippen LogP contribution in [-0.2, 0) is 4.57 Å². The molecule has 3 rings (SSSR count). The Morgan fingerprint density at radius 3 is 1.89 bits per heavy atom. The van der Waals surface area contributed by atoms with Crippen LogP contribution in [0, 0.1) is 0 Å². The molecule has 0 saturated carbocycles. The molecule has 0 bridgehead atoms. The molecule has 10 nitrogen and oxygen atoms in total. The molecule has 0 aliphatic carbocycles. The zero-order valence-electron chi connectivity index (χ0n) is 19.3. The smallest absolute Gasteiger partial charge is 0.350 e. The summed E-state index contributed by atoms with van der Waals surface area (Å²) >= 11 is 0. The van der Waals surface area contributed by atoms with Crippen LogP contribution in [0.5, 0.6) is 5.88 Å². The van der Waals surface area contributed by atoms with Gasteiger partial charge >= 0.3 is 7.60 Å². The maximum Gasteiger partial charge on any atom is 0.350 e. The van der Waals surface area contributed by atoms with E-state index in [0.29, 0.717) is 0 Å². The third kappa shape index (κ3) is 5.74. The van der Waals surface area contributed by atoms with Gasteiger partial charge in [-0.05, 0) is 24.0 Å². The highest BCUT2D eigenvalue weighted by Gasteiger charge is 2.45. The zero-order chi connectivity index (χ0) is 25.6. The van der Waals surface area contributed by atoms with Gasteiger partial charge in [0.05, 0.1) is 6.04 Å². The summed E-state index contributed by atoms with van der Waals surface area (Å²) < 4.78 is 12.0. The second-order valence-electron chi connectivity index (χ2n) is 7.90. The lowest BCUT2D eigenvalue weighted by Crippen LogP contribution is -2.47. The van der Waals surface area contributed by atoms with Gasteiger partial charge in [-0.1, -0.05) is 74.5 Å². The highest BCUT2D eigenvalue weighted by molar-refractivity contribution is 7.53. The normalized spacial score (nSPS) is 11.8. The molecular weight excluding hydrogens is 471 g/mol. The topological polar surface area (TPSA) is 162 Å². The molecule has 1 heterocycles. The van der Waals surface area contributed by atoms with Gasteiger partial charge in [0.15, 0.2) is 0 Å². The number of nitrogens with one attached hydrogen (secondary N) is 2. The van der Waals surface area contributed by atoms with Gasteiger partial charge in [-0.25, -0.2) is 4.98 Å². The van der Waals surface area contributed by atoms with Crippen LogP contribution in [-0.4, -0.2) is 42.0 Å². The fraction of sp³-hybridized carbons (Fsp3) is 0.250. The third-order valence-electron chi connectivity index (χ3n) is 5.83. The molecule has 0 aliphatic heterocycles. The number of amides is 2. The van der Waals surface area contributed by atoms with Crippen molar-refractivity contribution in [3.05, 3.63) is 89.4 Å². The number of benzene rings is 2. The van der Waals surface area contributed by atoms with Gasteiger partial charge in [-0.2, -0.15) is 4.98 Å². The summed E-state index contributed by atoms with van der Waals surface area (Å²) in [5, 5.41) is 13.7. The molecule has 0 atom stereocenters. The van der Waals surface area contributed by atoms with Crippen molar-refractivity contribution in [3.63, 3.8) is 0 Å². The second kappa shape index (κ2) is 10.8. The first-order chi connectivity index (χ1) is 16.6. The molecule has 2 amide bonds. The Kier molecular flexibility index (Phi) is 8.01. The van der Waals surface area contributed by atoms with Crippen LogP contribution >= 0.6 is 7.60 Å². The molecule has 0 unspecified atom stereocenters. The van der Waals surface area contributed by atoms with E-state index in [1.807, 2.05) is 60.7 Å². The van der Waals surface area contributed by atoms with Gasteiger partial charge < -0.3 is 25.5 Å². The van der Waals surface area contributed by atoms with Crippen molar-refractivity contribution in [2.45, 2.75) is 38.0 Å². The van der Waals surface area contributed by atoms with Gasteiger partial charge in [0.25, 0.3) is 11.8 Å². The largest absolute Gasteiger partial charge is 0.493 e. The van der Waals surface area contributed by atoms with E-state index in [0.717, 1.165) is 17.3 Å². The van der Waals surface area contributed by atoms with Crippen LogP contribution in [0.25, 0.3) is 0 Å². The average Bonchev–Trinajstić information content (AvgIpc) is 2.85. The second-order valence-corrected chi connectivity index (χ2v) is 9.84. The molecule has 35 heavy (non-hydrogen) atoms. The SMILES string of the molecule is CCC(CC)(NC(=O)c1ncc(C(=O)NC(c2ccccc2)c2ccccc2)c(O)n1)P(=O)(O)O. The molecule has 5 N–H and O–H groups in total. The molecule has 0 spiro atoms. The summed E-state index contributed by atoms with van der Waals surface area (Å²) in [7, 11) is -4.71. The molecule has 1 aromatic heterocycles. The molecule has 0 fully saturated rings. The van der Waals surface area contributed by atoms with Crippen molar-refractivity contribution in [1.82, 2.24) is 20.6 Å². The van der Waals surface area contributed by atoms with Crippen molar-refractivity contribution in [2.75, 3.05) is 0 Å². The molecule has 0 aliphatic rings. The predicted molar refractivity (Wildman–Crippen MR) is 129 cm³/mol. The van der Waals surface area contributed by atoms with Crippen molar-refractivity contribution in [3.8, 4) is 5.88 Å². The number of carbonyl (C=O) groups excluding carboxylic acids is 2. The summed E-state index contributed by atoms with van der Waals surface area (Å²) in [6, 6.07) is 18.0. The van der Waals surface area contributed by atoms with Crippen LogP contribution in [0.15, 0.2) is 66.9 Å². The van der Waals surface area contributed by atoms with E-state index in [2.05, 4.69) is 20.6 Å². The fourth-order valence-corrected chi connectivity index (χ4v) is 4.75. The van der Waals surface area contributed by atoms with Crippen LogP contribution in [0.2, 0.25) is 0 Å². The van der Waals surface area contributed by atoms with Crippen LogP contribution in [0.4, 0.5) is 0 Å². The minimum absolute atomic E-state index is 0.0354. The number of hydrogen-bond donors (Lipinski definition) is 5. The van der Waals surface area contributed by atoms with E-state index in [-0.39, 0.29) is 18.4 Å². The molecular formula is C24H27N4O6P.